The van der Waals surface area contributed by atoms with Crippen LogP contribution >= 0.6 is 0 Å². The Labute approximate surface area is 199 Å². The van der Waals surface area contributed by atoms with Gasteiger partial charge in [-0.3, -0.25) is 4.79 Å². The average Bonchev–Trinajstić information content (AvgIpc) is 2.87. The van der Waals surface area contributed by atoms with Gasteiger partial charge in [-0.25, -0.2) is 0 Å². The first-order chi connectivity index (χ1) is 16.2. The van der Waals surface area contributed by atoms with Crippen LogP contribution in [0.5, 0.6) is 0 Å². The smallest absolute Gasteiger partial charge is 0.132 e. The van der Waals surface area contributed by atoms with Gasteiger partial charge in [-0.05, 0) is 52.6 Å². The van der Waals surface area contributed by atoms with Crippen LogP contribution in [0.25, 0.3) is 0 Å². The highest BCUT2D eigenvalue weighted by molar-refractivity contribution is 5.77. The zero-order valence-corrected chi connectivity index (χ0v) is 19.8. The molecular weight excluding hydrogens is 400 g/mol. The molecule has 0 radical (unpaired) electrons. The molecule has 0 atom stereocenters. The van der Waals surface area contributed by atoms with Gasteiger partial charge in [0.15, 0.2) is 0 Å². The molecule has 4 rings (SSSR count). The number of Topliss-reactive ketones (excluding diaryl/α,β-unsaturated/α-hetero) is 1. The molecule has 1 nitrogen and oxygen atoms in total. The van der Waals surface area contributed by atoms with E-state index in [2.05, 4.69) is 109 Å². The van der Waals surface area contributed by atoms with Crippen LogP contribution in [-0.2, 0) is 24.1 Å². The summed E-state index contributed by atoms with van der Waals surface area (Å²) in [6, 6.07) is 39.1. The maximum Gasteiger partial charge on any atom is 0.132 e. The van der Waals surface area contributed by atoms with Gasteiger partial charge in [0, 0.05) is 12.8 Å². The zero-order chi connectivity index (χ0) is 23.3. The Morgan fingerprint density at radius 3 is 1.18 bits per heavy atom. The van der Waals surface area contributed by atoms with Gasteiger partial charge >= 0.3 is 0 Å². The summed E-state index contributed by atoms with van der Waals surface area (Å²) in [5.74, 6) is 0.343. The van der Waals surface area contributed by atoms with Crippen LogP contribution in [0, 0.1) is 0 Å². The number of rotatable bonds is 8. The molecule has 0 saturated heterocycles. The lowest BCUT2D eigenvalue weighted by Gasteiger charge is -2.16. The summed E-state index contributed by atoms with van der Waals surface area (Å²) in [5, 5.41) is 0. The quantitative estimate of drug-likeness (QED) is 0.276. The molecule has 0 aliphatic rings. The third-order valence-electron chi connectivity index (χ3n) is 5.86. The lowest BCUT2D eigenvalue weighted by Crippen LogP contribution is -2.03. The molecule has 1 heteroatoms. The number of carbonyl (C=O) groups is 1. The van der Waals surface area contributed by atoms with Gasteiger partial charge in [0.1, 0.15) is 5.78 Å². The molecule has 0 spiro atoms. The monoisotopic (exact) mass is 434 g/mol. The third kappa shape index (κ3) is 7.88. The summed E-state index contributed by atoms with van der Waals surface area (Å²) < 4.78 is 0. The normalized spacial score (nSPS) is 10.2. The fourth-order valence-corrected chi connectivity index (χ4v) is 3.93. The van der Waals surface area contributed by atoms with Crippen molar-refractivity contribution in [3.8, 4) is 0 Å². The van der Waals surface area contributed by atoms with Gasteiger partial charge in [-0.1, -0.05) is 123 Å². The zero-order valence-electron chi connectivity index (χ0n) is 19.8. The van der Waals surface area contributed by atoms with Crippen LogP contribution in [0.4, 0.5) is 0 Å². The summed E-state index contributed by atoms with van der Waals surface area (Å²) in [6.07, 6.45) is 4.32. The van der Waals surface area contributed by atoms with Gasteiger partial charge in [0.25, 0.3) is 0 Å². The highest BCUT2D eigenvalue weighted by Gasteiger charge is 2.11. The molecule has 0 N–H and O–H groups in total. The molecule has 4 aromatic carbocycles. The van der Waals surface area contributed by atoms with Gasteiger partial charge in [-0.2, -0.15) is 0 Å². The Bertz CT molecular complexity index is 1030. The molecule has 0 heterocycles. The molecule has 0 aliphatic heterocycles. The first kappa shape index (κ1) is 24.2. The van der Waals surface area contributed by atoms with Crippen molar-refractivity contribution >= 4 is 5.78 Å². The van der Waals surface area contributed by atoms with Gasteiger partial charge in [0.2, 0.25) is 0 Å². The van der Waals surface area contributed by atoms with Crippen LogP contribution in [0.15, 0.2) is 109 Å². The van der Waals surface area contributed by atoms with Crippen molar-refractivity contribution in [2.75, 3.05) is 0 Å². The van der Waals surface area contributed by atoms with Gasteiger partial charge < -0.3 is 0 Å². The van der Waals surface area contributed by atoms with Gasteiger partial charge in [-0.15, -0.1) is 0 Å². The molecule has 0 unspecified atom stereocenters. The molecule has 168 valence electrons. The highest BCUT2D eigenvalue weighted by atomic mass is 16.1. The van der Waals surface area contributed by atoms with E-state index in [4.69, 9.17) is 0 Å². The minimum absolute atomic E-state index is 0.343. The number of ketones is 1. The van der Waals surface area contributed by atoms with E-state index >= 15 is 0 Å². The van der Waals surface area contributed by atoms with E-state index in [0.29, 0.717) is 18.6 Å². The van der Waals surface area contributed by atoms with E-state index in [9.17, 15) is 4.79 Å². The lowest BCUT2D eigenvalue weighted by molar-refractivity contribution is -0.118. The van der Waals surface area contributed by atoms with Crippen molar-refractivity contribution in [1.82, 2.24) is 0 Å². The molecule has 0 saturated carbocycles. The summed E-state index contributed by atoms with van der Waals surface area (Å²) in [5.41, 5.74) is 8.42. The van der Waals surface area contributed by atoms with E-state index in [1.807, 2.05) is 13.8 Å². The fourth-order valence-electron chi connectivity index (χ4n) is 3.93. The Kier molecular flexibility index (Phi) is 9.66. The van der Waals surface area contributed by atoms with E-state index in [1.165, 1.54) is 33.4 Å². The van der Waals surface area contributed by atoms with E-state index in [-0.39, 0.29) is 0 Å². The minimum atomic E-state index is 0.343. The predicted octanol–water partition coefficient (Wildman–Crippen LogP) is 7.83. The molecule has 0 amide bonds. The van der Waals surface area contributed by atoms with Crippen molar-refractivity contribution in [3.63, 3.8) is 0 Å². The van der Waals surface area contributed by atoms with E-state index in [1.54, 1.807) is 0 Å². The van der Waals surface area contributed by atoms with Crippen LogP contribution in [-0.4, -0.2) is 5.78 Å². The maximum atomic E-state index is 10.2. The lowest BCUT2D eigenvalue weighted by atomic mass is 9.89. The second kappa shape index (κ2) is 13.2. The second-order valence-electron chi connectivity index (χ2n) is 8.29. The van der Waals surface area contributed by atoms with Crippen LogP contribution < -0.4 is 0 Å². The standard InChI is InChI=1S/C27H24.C5H10O/c1-4-11-22(12-5-1)19-25-17-10-18-26(20-23-13-6-2-7-14-23)27(25)21-24-15-8-3-9-16-24;1-3-5(6)4-2/h1-18H,19-21H2;3-4H2,1-2H3. The highest BCUT2D eigenvalue weighted by Crippen LogP contribution is 2.24. The minimum Gasteiger partial charge on any atom is -0.300 e. The largest absolute Gasteiger partial charge is 0.300 e. The fraction of sp³-hybridized carbons (Fsp3) is 0.219. The number of benzene rings is 4. The number of hydrogen-bond acceptors (Lipinski definition) is 1. The van der Waals surface area contributed by atoms with Crippen LogP contribution in [0.1, 0.15) is 60.1 Å². The molecule has 33 heavy (non-hydrogen) atoms. The Balaban J connectivity index is 0.000000454. The van der Waals surface area contributed by atoms with Crippen molar-refractivity contribution in [1.29, 1.82) is 0 Å². The molecular formula is C32H34O. The van der Waals surface area contributed by atoms with Crippen molar-refractivity contribution in [2.24, 2.45) is 0 Å². The third-order valence-corrected chi connectivity index (χ3v) is 5.86. The first-order valence-corrected chi connectivity index (χ1v) is 11.9. The van der Waals surface area contributed by atoms with E-state index < -0.39 is 0 Å². The first-order valence-electron chi connectivity index (χ1n) is 11.9. The molecule has 0 aliphatic carbocycles. The summed E-state index contributed by atoms with van der Waals surface area (Å²) in [4.78, 5) is 10.2. The Morgan fingerprint density at radius 1 is 0.485 bits per heavy atom. The Hall–Kier alpha value is -3.45. The summed E-state index contributed by atoms with van der Waals surface area (Å²) >= 11 is 0. The Morgan fingerprint density at radius 2 is 0.848 bits per heavy atom. The summed E-state index contributed by atoms with van der Waals surface area (Å²) in [6.45, 7) is 3.76. The van der Waals surface area contributed by atoms with Gasteiger partial charge in [0.05, 0.1) is 0 Å². The topological polar surface area (TPSA) is 17.1 Å². The molecule has 0 bridgehead atoms. The van der Waals surface area contributed by atoms with Crippen molar-refractivity contribution in [2.45, 2.75) is 46.0 Å². The molecule has 0 fully saturated rings. The number of hydrogen-bond donors (Lipinski definition) is 0. The average molecular weight is 435 g/mol. The predicted molar refractivity (Wildman–Crippen MR) is 140 cm³/mol. The van der Waals surface area contributed by atoms with Crippen LogP contribution in [0.3, 0.4) is 0 Å². The van der Waals surface area contributed by atoms with Crippen LogP contribution in [0.2, 0.25) is 0 Å². The van der Waals surface area contributed by atoms with Crippen molar-refractivity contribution in [3.05, 3.63) is 143 Å². The van der Waals surface area contributed by atoms with Crippen molar-refractivity contribution < 1.29 is 4.79 Å². The molecule has 0 aromatic heterocycles. The SMILES string of the molecule is CCC(=O)CC.c1ccc(Cc2cccc(Cc3ccccc3)c2Cc2ccccc2)cc1. The number of carbonyl (C=O) groups excluding carboxylic acids is 1. The summed E-state index contributed by atoms with van der Waals surface area (Å²) in [7, 11) is 0. The second-order valence-corrected chi connectivity index (χ2v) is 8.29. The molecule has 4 aromatic rings. The van der Waals surface area contributed by atoms with E-state index in [0.717, 1.165) is 19.3 Å². The maximum absolute atomic E-state index is 10.2.